The van der Waals surface area contributed by atoms with Crippen LogP contribution in [0.1, 0.15) is 18.0 Å². The summed E-state index contributed by atoms with van der Waals surface area (Å²) >= 11 is 5.81. The van der Waals surface area contributed by atoms with E-state index in [1.807, 2.05) is 30.3 Å². The highest BCUT2D eigenvalue weighted by Gasteiger charge is 2.40. The molecule has 1 heterocycles. The average Bonchev–Trinajstić information content (AvgIpc) is 3.13. The molecule has 7 nitrogen and oxygen atoms in total. The first-order valence-electron chi connectivity index (χ1n) is 8.74. The summed E-state index contributed by atoms with van der Waals surface area (Å²) in [5, 5.41) is 8.94. The number of methoxy groups -OCH3 is 1. The van der Waals surface area contributed by atoms with Crippen LogP contribution >= 0.6 is 11.6 Å². The van der Waals surface area contributed by atoms with E-state index in [1.54, 1.807) is 24.3 Å². The average molecular weight is 402 g/mol. The van der Waals surface area contributed by atoms with Crippen molar-refractivity contribution in [2.24, 2.45) is 0 Å². The number of amides is 2. The highest BCUT2D eigenvalue weighted by atomic mass is 35.5. The van der Waals surface area contributed by atoms with Crippen LogP contribution in [-0.4, -0.2) is 37.0 Å². The third-order valence-corrected chi connectivity index (χ3v) is 4.79. The maximum absolute atomic E-state index is 12.4. The van der Waals surface area contributed by atoms with Gasteiger partial charge in [-0.3, -0.25) is 19.7 Å². The van der Waals surface area contributed by atoms with E-state index in [1.165, 1.54) is 7.11 Å². The molecule has 0 bridgehead atoms. The van der Waals surface area contributed by atoms with Crippen LogP contribution in [0.5, 0.6) is 0 Å². The van der Waals surface area contributed by atoms with Crippen molar-refractivity contribution >= 4 is 35.1 Å². The second kappa shape index (κ2) is 8.86. The molecule has 1 aliphatic rings. The predicted molar refractivity (Wildman–Crippen MR) is 105 cm³/mol. The third-order valence-electron chi connectivity index (χ3n) is 4.54. The Balaban J connectivity index is 1.70. The fraction of sp³-hybridized carbons (Fsp3) is 0.250. The Morgan fingerprint density at radius 1 is 1.04 bits per heavy atom. The first-order chi connectivity index (χ1) is 13.5. The van der Waals surface area contributed by atoms with Gasteiger partial charge in [0.2, 0.25) is 0 Å². The van der Waals surface area contributed by atoms with E-state index in [2.05, 4.69) is 16.0 Å². The number of halogens is 1. The monoisotopic (exact) mass is 401 g/mol. The maximum Gasteiger partial charge on any atom is 0.322 e. The highest BCUT2D eigenvalue weighted by molar-refractivity contribution is 6.39. The van der Waals surface area contributed by atoms with Gasteiger partial charge in [-0.15, -0.1) is 0 Å². The molecule has 146 valence electrons. The first-order valence-corrected chi connectivity index (χ1v) is 9.12. The van der Waals surface area contributed by atoms with Gasteiger partial charge in [0.1, 0.15) is 6.04 Å². The van der Waals surface area contributed by atoms with Crippen LogP contribution in [0, 0.1) is 0 Å². The van der Waals surface area contributed by atoms with Crippen molar-refractivity contribution in [3.8, 4) is 0 Å². The van der Waals surface area contributed by atoms with Crippen molar-refractivity contribution < 1.29 is 19.1 Å². The van der Waals surface area contributed by atoms with Crippen molar-refractivity contribution in [2.75, 3.05) is 12.4 Å². The van der Waals surface area contributed by atoms with Crippen LogP contribution in [0.15, 0.2) is 54.6 Å². The molecule has 3 rings (SSSR count). The van der Waals surface area contributed by atoms with Gasteiger partial charge >= 0.3 is 17.8 Å². The lowest BCUT2D eigenvalue weighted by Gasteiger charge is -2.21. The Labute approximate surface area is 167 Å². The highest BCUT2D eigenvalue weighted by Crippen LogP contribution is 2.27. The van der Waals surface area contributed by atoms with Crippen LogP contribution in [0.2, 0.25) is 5.02 Å². The van der Waals surface area contributed by atoms with Gasteiger partial charge in [-0.25, -0.2) is 0 Å². The number of hydrogen-bond donors (Lipinski definition) is 3. The minimum Gasteiger partial charge on any atom is -0.468 e. The number of carbonyl (C=O) groups is 3. The lowest BCUT2D eigenvalue weighted by molar-refractivity contribution is -0.142. The number of anilines is 1. The summed E-state index contributed by atoms with van der Waals surface area (Å²) in [4.78, 5) is 36.6. The zero-order chi connectivity index (χ0) is 20.1. The zero-order valence-corrected chi connectivity index (χ0v) is 15.9. The van der Waals surface area contributed by atoms with Crippen LogP contribution in [0.3, 0.4) is 0 Å². The van der Waals surface area contributed by atoms with Crippen molar-refractivity contribution in [2.45, 2.75) is 24.5 Å². The van der Waals surface area contributed by atoms with E-state index in [9.17, 15) is 14.4 Å². The summed E-state index contributed by atoms with van der Waals surface area (Å²) in [6, 6.07) is 14.5. The fourth-order valence-corrected chi connectivity index (χ4v) is 3.31. The zero-order valence-electron chi connectivity index (χ0n) is 15.1. The minimum absolute atomic E-state index is 0.312. The Kier molecular flexibility index (Phi) is 6.28. The smallest absolute Gasteiger partial charge is 0.322 e. The van der Waals surface area contributed by atoms with Gasteiger partial charge < -0.3 is 15.4 Å². The quantitative estimate of drug-likeness (QED) is 0.538. The number of nitrogens with one attached hydrogen (secondary N) is 3. The van der Waals surface area contributed by atoms with Crippen molar-refractivity contribution in [1.29, 1.82) is 0 Å². The van der Waals surface area contributed by atoms with E-state index in [0.717, 1.165) is 5.56 Å². The van der Waals surface area contributed by atoms with Crippen LogP contribution in [0.25, 0.3) is 0 Å². The molecule has 0 spiro atoms. The van der Waals surface area contributed by atoms with Gasteiger partial charge in [0, 0.05) is 10.7 Å². The first kappa shape index (κ1) is 19.9. The molecule has 0 aromatic heterocycles. The van der Waals surface area contributed by atoms with Crippen LogP contribution < -0.4 is 16.0 Å². The molecule has 2 unspecified atom stereocenters. The molecule has 2 amide bonds. The molecule has 1 saturated heterocycles. The van der Waals surface area contributed by atoms with E-state index in [4.69, 9.17) is 16.3 Å². The normalized spacial score (nSPS) is 21.0. The van der Waals surface area contributed by atoms with Crippen LogP contribution in [0.4, 0.5) is 5.69 Å². The minimum atomic E-state index is -0.796. The van der Waals surface area contributed by atoms with Gasteiger partial charge in [-0.1, -0.05) is 41.9 Å². The number of hydrogen-bond acceptors (Lipinski definition) is 5. The topological polar surface area (TPSA) is 96.5 Å². The van der Waals surface area contributed by atoms with Gasteiger partial charge in [0.25, 0.3) is 0 Å². The Hall–Kier alpha value is -2.90. The largest absolute Gasteiger partial charge is 0.468 e. The molecular weight excluding hydrogens is 382 g/mol. The summed E-state index contributed by atoms with van der Waals surface area (Å²) in [6.45, 7) is 0. The number of carbonyl (C=O) groups excluding carboxylic acids is 3. The number of ether oxygens (including phenoxy) is 1. The SMILES string of the molecule is COC(=O)C1CC(NC(=O)C(=O)Nc2ccc(Cl)cc2)[C@H](c2ccccc2)N1. The standard InChI is InChI=1S/C20H20ClN3O4/c1-28-20(27)16-11-15(17(23-16)12-5-3-2-4-6-12)24-19(26)18(25)22-14-9-7-13(21)8-10-14/h2-10,15-17,23H,11H2,1H3,(H,22,25)(H,24,26)/t15?,16?,17-/m0/s1. The maximum atomic E-state index is 12.4. The van der Waals surface area contributed by atoms with Gasteiger partial charge in [-0.2, -0.15) is 0 Å². The number of esters is 1. The van der Waals surface area contributed by atoms with Gasteiger partial charge in [-0.05, 0) is 36.2 Å². The Morgan fingerprint density at radius 2 is 1.71 bits per heavy atom. The number of rotatable bonds is 4. The van der Waals surface area contributed by atoms with Crippen molar-refractivity contribution in [3.63, 3.8) is 0 Å². The Morgan fingerprint density at radius 3 is 2.36 bits per heavy atom. The molecule has 28 heavy (non-hydrogen) atoms. The lowest BCUT2D eigenvalue weighted by atomic mass is 10.00. The molecule has 1 aliphatic heterocycles. The van der Waals surface area contributed by atoms with Crippen molar-refractivity contribution in [3.05, 3.63) is 65.2 Å². The molecule has 3 atom stereocenters. The molecule has 0 radical (unpaired) electrons. The Bertz CT molecular complexity index is 858. The summed E-state index contributed by atoms with van der Waals surface area (Å²) in [6.07, 6.45) is 0.312. The van der Waals surface area contributed by atoms with Gasteiger partial charge in [0.15, 0.2) is 0 Å². The number of benzene rings is 2. The second-order valence-electron chi connectivity index (χ2n) is 6.41. The summed E-state index contributed by atoms with van der Waals surface area (Å²) < 4.78 is 4.80. The van der Waals surface area contributed by atoms with E-state index in [0.29, 0.717) is 17.1 Å². The predicted octanol–water partition coefficient (Wildman–Crippen LogP) is 2.04. The van der Waals surface area contributed by atoms with E-state index < -0.39 is 29.9 Å². The molecular formula is C20H20ClN3O4. The van der Waals surface area contributed by atoms with E-state index >= 15 is 0 Å². The molecule has 2 aromatic rings. The molecule has 1 fully saturated rings. The summed E-state index contributed by atoms with van der Waals surface area (Å²) in [5.74, 6) is -1.99. The van der Waals surface area contributed by atoms with Crippen LogP contribution in [-0.2, 0) is 19.1 Å². The summed E-state index contributed by atoms with van der Waals surface area (Å²) in [7, 11) is 1.31. The van der Waals surface area contributed by atoms with Crippen molar-refractivity contribution in [1.82, 2.24) is 10.6 Å². The van der Waals surface area contributed by atoms with E-state index in [-0.39, 0.29) is 6.04 Å². The lowest BCUT2D eigenvalue weighted by Crippen LogP contribution is -2.44. The molecule has 0 aliphatic carbocycles. The third kappa shape index (κ3) is 4.68. The molecule has 8 heteroatoms. The molecule has 2 aromatic carbocycles. The second-order valence-corrected chi connectivity index (χ2v) is 6.84. The summed E-state index contributed by atoms with van der Waals surface area (Å²) in [5.41, 5.74) is 1.36. The molecule has 0 saturated carbocycles. The van der Waals surface area contributed by atoms with Gasteiger partial charge in [0.05, 0.1) is 19.2 Å². The fourth-order valence-electron chi connectivity index (χ4n) is 3.18. The molecule has 3 N–H and O–H groups in total.